The second-order valence-corrected chi connectivity index (χ2v) is 9.25. The quantitative estimate of drug-likeness (QED) is 0.680. The number of pyridine rings is 1. The topological polar surface area (TPSA) is 33.2 Å². The van der Waals surface area contributed by atoms with Gasteiger partial charge in [0.25, 0.3) is 0 Å². The van der Waals surface area contributed by atoms with Crippen molar-refractivity contribution in [1.29, 1.82) is 0 Å². The van der Waals surface area contributed by atoms with Crippen LogP contribution in [0.5, 0.6) is 0 Å². The highest BCUT2D eigenvalue weighted by Gasteiger charge is 2.34. The molecule has 5 heteroatoms. The Hall–Kier alpha value is -2.03. The first kappa shape index (κ1) is 21.7. The number of anilines is 1. The largest absolute Gasteiger partial charge is 0.451 e. The van der Waals surface area contributed by atoms with Crippen LogP contribution in [-0.4, -0.2) is 25.6 Å². The van der Waals surface area contributed by atoms with E-state index in [1.807, 2.05) is 0 Å². The Morgan fingerprint density at radius 3 is 2.59 bits per heavy atom. The molecule has 1 aliphatic rings. The Bertz CT molecular complexity index is 853. The summed E-state index contributed by atoms with van der Waals surface area (Å²) < 4.78 is 2.29. The number of nitrogens with zero attached hydrogens (tertiary/aromatic N) is 2. The maximum Gasteiger partial charge on any atom is 0.243 e. The van der Waals surface area contributed by atoms with E-state index in [1.165, 1.54) is 16.7 Å². The second-order valence-electron chi connectivity index (χ2n) is 9.25. The molecular weight excluding hydrogens is 354 g/mol. The van der Waals surface area contributed by atoms with Gasteiger partial charge in [0.05, 0.1) is 0 Å². The van der Waals surface area contributed by atoms with Crippen LogP contribution in [-0.2, 0) is 11.1 Å². The molecule has 1 aromatic heterocycles. The normalized spacial score (nSPS) is 19.4. The Morgan fingerprint density at radius 1 is 1.24 bits per heavy atom. The van der Waals surface area contributed by atoms with Crippen molar-refractivity contribution in [2.24, 2.45) is 11.8 Å². The number of carbonyl (C=O) groups is 1. The van der Waals surface area contributed by atoms with E-state index in [-0.39, 0.29) is 5.92 Å². The fraction of sp³-hybridized carbons (Fsp3) is 0.500. The maximum absolute atomic E-state index is 12.3. The van der Waals surface area contributed by atoms with Crippen LogP contribution >= 0.6 is 0 Å². The number of hydrogen-bond acceptors (Lipinski definition) is 3. The van der Waals surface area contributed by atoms with E-state index in [1.54, 1.807) is 0 Å². The molecule has 1 aromatic carbocycles. The molecule has 1 fully saturated rings. The van der Waals surface area contributed by atoms with Gasteiger partial charge in [0, 0.05) is 24.5 Å². The van der Waals surface area contributed by atoms with Gasteiger partial charge in [-0.3, -0.25) is 4.79 Å². The standard InChI is InChI=1S/C24H34B2N2O/c1-16(2)21-12-11-20(29)14-22(21)24-18(4)17(3)13-23(27-24)28(25)26(5)15-19-9-7-6-8-10-19/h6-10,13,16,21-22H,11-12,14-15,25H2,1-5H3. The van der Waals surface area contributed by atoms with Gasteiger partial charge in [-0.15, -0.1) is 0 Å². The summed E-state index contributed by atoms with van der Waals surface area (Å²) in [5, 5.41) is 0. The second kappa shape index (κ2) is 9.19. The SMILES string of the molecule is BN(B(C)Cc1ccccc1)c1cc(C)c(C)c(C2CC(=O)CCC2C(C)C)n1. The summed E-state index contributed by atoms with van der Waals surface area (Å²) in [4.78, 5) is 17.5. The summed E-state index contributed by atoms with van der Waals surface area (Å²) in [6.07, 6.45) is 3.34. The number of aromatic nitrogens is 1. The van der Waals surface area contributed by atoms with Crippen LogP contribution in [0.3, 0.4) is 0 Å². The summed E-state index contributed by atoms with van der Waals surface area (Å²) >= 11 is 0. The predicted molar refractivity (Wildman–Crippen MR) is 126 cm³/mol. The molecule has 0 bridgehead atoms. The lowest BCUT2D eigenvalue weighted by atomic mass is 9.56. The maximum atomic E-state index is 12.3. The number of hydrogen-bond donors (Lipinski definition) is 0. The highest BCUT2D eigenvalue weighted by atomic mass is 16.1. The van der Waals surface area contributed by atoms with Crippen molar-refractivity contribution >= 4 is 26.4 Å². The lowest BCUT2D eigenvalue weighted by Gasteiger charge is -2.35. The van der Waals surface area contributed by atoms with Crippen LogP contribution in [0.4, 0.5) is 5.82 Å². The molecule has 0 spiro atoms. The molecule has 3 nitrogen and oxygen atoms in total. The van der Waals surface area contributed by atoms with Crippen molar-refractivity contribution in [2.45, 2.75) is 66.0 Å². The van der Waals surface area contributed by atoms with Gasteiger partial charge in [-0.25, -0.2) is 4.98 Å². The minimum atomic E-state index is 0.243. The van der Waals surface area contributed by atoms with Gasteiger partial charge < -0.3 is 4.72 Å². The third-order valence-electron chi connectivity index (χ3n) is 6.88. The Kier molecular flexibility index (Phi) is 6.87. The first-order valence-electron chi connectivity index (χ1n) is 11.0. The molecule has 2 aromatic rings. The molecule has 2 atom stereocenters. The lowest BCUT2D eigenvalue weighted by Crippen LogP contribution is -2.38. The van der Waals surface area contributed by atoms with Gasteiger partial charge in [-0.05, 0) is 55.6 Å². The van der Waals surface area contributed by atoms with E-state index in [0.717, 1.165) is 30.7 Å². The lowest BCUT2D eigenvalue weighted by molar-refractivity contribution is -0.122. The predicted octanol–water partition coefficient (Wildman–Crippen LogP) is 4.56. The van der Waals surface area contributed by atoms with Crippen LogP contribution in [0.25, 0.3) is 0 Å². The molecule has 0 N–H and O–H groups in total. The average molecular weight is 388 g/mol. The van der Waals surface area contributed by atoms with Gasteiger partial charge >= 0.3 is 0 Å². The van der Waals surface area contributed by atoms with Crippen molar-refractivity contribution in [3.63, 3.8) is 0 Å². The van der Waals surface area contributed by atoms with Crippen LogP contribution in [0.1, 0.15) is 61.4 Å². The molecular formula is C24H34B2N2O. The molecule has 0 radical (unpaired) electrons. The molecule has 1 heterocycles. The van der Waals surface area contributed by atoms with Crippen molar-refractivity contribution in [3.8, 4) is 0 Å². The number of Topliss-reactive ketones (excluding diaryl/α,β-unsaturated/α-hetero) is 1. The monoisotopic (exact) mass is 388 g/mol. The van der Waals surface area contributed by atoms with E-state index in [4.69, 9.17) is 4.98 Å². The van der Waals surface area contributed by atoms with Gasteiger partial charge in [0.15, 0.2) is 0 Å². The molecule has 1 saturated carbocycles. The fourth-order valence-corrected chi connectivity index (χ4v) is 4.73. The van der Waals surface area contributed by atoms with Gasteiger partial charge in [-0.2, -0.15) is 0 Å². The van der Waals surface area contributed by atoms with Gasteiger partial charge in [0.2, 0.25) is 14.8 Å². The minimum Gasteiger partial charge on any atom is -0.451 e. The molecule has 0 saturated heterocycles. The van der Waals surface area contributed by atoms with Crippen molar-refractivity contribution in [2.75, 3.05) is 4.72 Å². The summed E-state index contributed by atoms with van der Waals surface area (Å²) in [6.45, 7) is 11.5. The molecule has 2 unspecified atom stereocenters. The minimum absolute atomic E-state index is 0.243. The molecule has 3 rings (SSSR count). The van der Waals surface area contributed by atoms with Gasteiger partial charge in [-0.1, -0.05) is 56.6 Å². The Balaban J connectivity index is 1.91. The number of ketones is 1. The summed E-state index contributed by atoms with van der Waals surface area (Å²) in [6, 6.07) is 12.8. The number of aryl methyl sites for hydroxylation is 1. The number of benzene rings is 1. The number of rotatable bonds is 6. The van der Waals surface area contributed by atoms with Crippen LogP contribution < -0.4 is 4.72 Å². The highest BCUT2D eigenvalue weighted by molar-refractivity contribution is 6.69. The fourth-order valence-electron chi connectivity index (χ4n) is 4.73. The summed E-state index contributed by atoms with van der Waals surface area (Å²) in [5.41, 5.74) is 5.01. The molecule has 29 heavy (non-hydrogen) atoms. The molecule has 152 valence electrons. The zero-order valence-corrected chi connectivity index (χ0v) is 18.9. The Labute approximate surface area is 177 Å². The molecule has 0 aliphatic heterocycles. The first-order valence-corrected chi connectivity index (χ1v) is 11.0. The van der Waals surface area contributed by atoms with Crippen LogP contribution in [0.15, 0.2) is 36.4 Å². The molecule has 0 amide bonds. The van der Waals surface area contributed by atoms with E-state index in [0.29, 0.717) is 30.9 Å². The highest BCUT2D eigenvalue weighted by Crippen LogP contribution is 2.41. The summed E-state index contributed by atoms with van der Waals surface area (Å²) in [5.74, 6) is 2.75. The van der Waals surface area contributed by atoms with Crippen molar-refractivity contribution in [3.05, 3.63) is 58.8 Å². The van der Waals surface area contributed by atoms with Crippen LogP contribution in [0.2, 0.25) is 6.82 Å². The van der Waals surface area contributed by atoms with Crippen LogP contribution in [0, 0.1) is 25.7 Å². The molecule has 1 aliphatic carbocycles. The zero-order chi connectivity index (χ0) is 21.1. The van der Waals surface area contributed by atoms with Crippen molar-refractivity contribution in [1.82, 2.24) is 4.98 Å². The zero-order valence-electron chi connectivity index (χ0n) is 18.9. The smallest absolute Gasteiger partial charge is 0.243 e. The van der Waals surface area contributed by atoms with E-state index in [9.17, 15) is 4.79 Å². The first-order chi connectivity index (χ1) is 13.8. The Morgan fingerprint density at radius 2 is 1.93 bits per heavy atom. The summed E-state index contributed by atoms with van der Waals surface area (Å²) in [7, 11) is 2.14. The van der Waals surface area contributed by atoms with E-state index >= 15 is 0 Å². The number of carbonyl (C=O) groups excluding carboxylic acids is 1. The van der Waals surface area contributed by atoms with Gasteiger partial charge in [0.1, 0.15) is 11.6 Å². The van der Waals surface area contributed by atoms with E-state index in [2.05, 4.69) is 83.6 Å². The van der Waals surface area contributed by atoms with Crippen molar-refractivity contribution < 1.29 is 4.79 Å². The van der Waals surface area contributed by atoms with E-state index < -0.39 is 0 Å². The third kappa shape index (κ3) is 4.94. The average Bonchev–Trinajstić information content (AvgIpc) is 2.69. The third-order valence-corrected chi connectivity index (χ3v) is 6.88.